The number of halogens is 6. The Balaban J connectivity index is 2.53. The largest absolute Gasteiger partial charge is 0.416 e. The lowest BCUT2D eigenvalue weighted by atomic mass is 9.97. The molecule has 0 heterocycles. The molecule has 7 heteroatoms. The Morgan fingerprint density at radius 1 is 1.00 bits per heavy atom. The Labute approximate surface area is 125 Å². The van der Waals surface area contributed by atoms with E-state index >= 15 is 0 Å². The van der Waals surface area contributed by atoms with Crippen LogP contribution in [0.15, 0.2) is 40.9 Å². The predicted octanol–water partition coefficient (Wildman–Crippen LogP) is 4.79. The summed E-state index contributed by atoms with van der Waals surface area (Å²) in [7, 11) is 0. The van der Waals surface area contributed by atoms with Gasteiger partial charge in [-0.2, -0.15) is 13.2 Å². The van der Waals surface area contributed by atoms with E-state index in [2.05, 4.69) is 15.9 Å². The zero-order valence-corrected chi connectivity index (χ0v) is 12.0. The molecule has 1 nitrogen and oxygen atoms in total. The van der Waals surface area contributed by atoms with Crippen molar-refractivity contribution in [2.45, 2.75) is 12.2 Å². The Morgan fingerprint density at radius 2 is 1.67 bits per heavy atom. The van der Waals surface area contributed by atoms with Gasteiger partial charge in [-0.15, -0.1) is 0 Å². The van der Waals surface area contributed by atoms with Crippen molar-refractivity contribution in [3.63, 3.8) is 0 Å². The van der Waals surface area contributed by atoms with Gasteiger partial charge in [0.15, 0.2) is 11.6 Å². The molecule has 0 aliphatic heterocycles. The van der Waals surface area contributed by atoms with E-state index in [4.69, 9.17) is 5.73 Å². The van der Waals surface area contributed by atoms with Gasteiger partial charge in [-0.05, 0) is 29.8 Å². The summed E-state index contributed by atoms with van der Waals surface area (Å²) in [5, 5.41) is 0. The first-order valence-electron chi connectivity index (χ1n) is 5.78. The molecular formula is C14H9BrF5N. The molecule has 2 aromatic carbocycles. The van der Waals surface area contributed by atoms with Crippen molar-refractivity contribution in [2.75, 3.05) is 0 Å². The van der Waals surface area contributed by atoms with E-state index in [1.54, 1.807) is 0 Å². The first kappa shape index (κ1) is 15.9. The lowest BCUT2D eigenvalue weighted by Crippen LogP contribution is -2.16. The second-order valence-corrected chi connectivity index (χ2v) is 5.21. The molecule has 2 N–H and O–H groups in total. The minimum absolute atomic E-state index is 0.0225. The fourth-order valence-corrected chi connectivity index (χ4v) is 2.38. The number of hydrogen-bond acceptors (Lipinski definition) is 1. The highest BCUT2D eigenvalue weighted by molar-refractivity contribution is 9.10. The van der Waals surface area contributed by atoms with Crippen LogP contribution in [0.3, 0.4) is 0 Å². The Kier molecular flexibility index (Phi) is 4.34. The highest BCUT2D eigenvalue weighted by atomic mass is 79.9. The number of hydrogen-bond donors (Lipinski definition) is 1. The fourth-order valence-electron chi connectivity index (χ4n) is 1.89. The minimum atomic E-state index is -4.55. The van der Waals surface area contributed by atoms with Crippen molar-refractivity contribution >= 4 is 15.9 Å². The van der Waals surface area contributed by atoms with Gasteiger partial charge in [-0.1, -0.05) is 28.1 Å². The average molecular weight is 366 g/mol. The molecular weight excluding hydrogens is 357 g/mol. The molecule has 1 unspecified atom stereocenters. The van der Waals surface area contributed by atoms with E-state index in [-0.39, 0.29) is 15.6 Å². The van der Waals surface area contributed by atoms with Gasteiger partial charge in [0.05, 0.1) is 11.6 Å². The Morgan fingerprint density at radius 3 is 2.29 bits per heavy atom. The highest BCUT2D eigenvalue weighted by Crippen LogP contribution is 2.35. The van der Waals surface area contributed by atoms with Gasteiger partial charge in [0.2, 0.25) is 0 Å². The van der Waals surface area contributed by atoms with Crippen LogP contribution in [0.5, 0.6) is 0 Å². The quantitative estimate of drug-likeness (QED) is 0.760. The SMILES string of the molecule is NC(c1cc(C(F)(F)F)ccc1Br)c1cccc(F)c1F. The van der Waals surface area contributed by atoms with Gasteiger partial charge < -0.3 is 5.73 Å². The van der Waals surface area contributed by atoms with Gasteiger partial charge in [-0.25, -0.2) is 8.78 Å². The minimum Gasteiger partial charge on any atom is -0.320 e. The molecule has 0 aliphatic rings. The zero-order valence-electron chi connectivity index (χ0n) is 10.4. The molecule has 0 fully saturated rings. The topological polar surface area (TPSA) is 26.0 Å². The van der Waals surface area contributed by atoms with E-state index in [0.717, 1.165) is 18.2 Å². The van der Waals surface area contributed by atoms with Crippen molar-refractivity contribution < 1.29 is 22.0 Å². The lowest BCUT2D eigenvalue weighted by Gasteiger charge is -2.17. The molecule has 0 amide bonds. The van der Waals surface area contributed by atoms with E-state index in [1.165, 1.54) is 18.2 Å². The maximum absolute atomic E-state index is 13.7. The summed E-state index contributed by atoms with van der Waals surface area (Å²) in [4.78, 5) is 0. The zero-order chi connectivity index (χ0) is 15.8. The molecule has 2 rings (SSSR count). The third-order valence-corrected chi connectivity index (χ3v) is 3.70. The van der Waals surface area contributed by atoms with Crippen LogP contribution in [0, 0.1) is 11.6 Å². The summed E-state index contributed by atoms with van der Waals surface area (Å²) in [6.45, 7) is 0. The van der Waals surface area contributed by atoms with Crippen molar-refractivity contribution in [3.05, 3.63) is 69.2 Å². The predicted molar refractivity (Wildman–Crippen MR) is 71.5 cm³/mol. The summed E-state index contributed by atoms with van der Waals surface area (Å²) in [5.74, 6) is -2.28. The van der Waals surface area contributed by atoms with Crippen molar-refractivity contribution in [1.29, 1.82) is 0 Å². The lowest BCUT2D eigenvalue weighted by molar-refractivity contribution is -0.137. The Hall–Kier alpha value is -1.47. The standard InChI is InChI=1S/C14H9BrF5N/c15-10-5-4-7(14(18,19)20)6-9(10)13(21)8-2-1-3-11(16)12(8)17/h1-6,13H,21H2. The van der Waals surface area contributed by atoms with Gasteiger partial charge in [0.1, 0.15) is 0 Å². The van der Waals surface area contributed by atoms with Crippen molar-refractivity contribution in [3.8, 4) is 0 Å². The Bertz CT molecular complexity index is 669. The molecule has 2 aromatic rings. The van der Waals surface area contributed by atoms with Crippen LogP contribution in [-0.4, -0.2) is 0 Å². The average Bonchev–Trinajstić information content (AvgIpc) is 2.40. The molecule has 0 radical (unpaired) electrons. The van der Waals surface area contributed by atoms with Crippen LogP contribution in [0.1, 0.15) is 22.7 Å². The van der Waals surface area contributed by atoms with E-state index in [9.17, 15) is 22.0 Å². The monoisotopic (exact) mass is 365 g/mol. The van der Waals surface area contributed by atoms with Crippen LogP contribution >= 0.6 is 15.9 Å². The molecule has 0 spiro atoms. The van der Waals surface area contributed by atoms with E-state index in [0.29, 0.717) is 0 Å². The second kappa shape index (κ2) is 5.73. The summed E-state index contributed by atoms with van der Waals surface area (Å²) >= 11 is 3.07. The maximum Gasteiger partial charge on any atom is 0.416 e. The van der Waals surface area contributed by atoms with Gasteiger partial charge in [-0.3, -0.25) is 0 Å². The third-order valence-electron chi connectivity index (χ3n) is 2.97. The molecule has 1 atom stereocenters. The van der Waals surface area contributed by atoms with Crippen LogP contribution < -0.4 is 5.73 Å². The summed E-state index contributed by atoms with van der Waals surface area (Å²) < 4.78 is 65.4. The number of benzene rings is 2. The molecule has 0 saturated heterocycles. The van der Waals surface area contributed by atoms with Gasteiger partial charge in [0, 0.05) is 10.0 Å². The fraction of sp³-hybridized carbons (Fsp3) is 0.143. The van der Waals surface area contributed by atoms with E-state index in [1.807, 2.05) is 0 Å². The second-order valence-electron chi connectivity index (χ2n) is 4.35. The molecule has 0 saturated carbocycles. The third kappa shape index (κ3) is 3.24. The maximum atomic E-state index is 13.7. The number of nitrogens with two attached hydrogens (primary N) is 1. The molecule has 0 aromatic heterocycles. The summed E-state index contributed by atoms with van der Waals surface area (Å²) in [6.07, 6.45) is -4.55. The first-order chi connectivity index (χ1) is 9.71. The first-order valence-corrected chi connectivity index (χ1v) is 6.57. The summed E-state index contributed by atoms with van der Waals surface area (Å²) in [5.41, 5.74) is 4.70. The van der Waals surface area contributed by atoms with Crippen LogP contribution in [0.2, 0.25) is 0 Å². The normalized spacial score (nSPS) is 13.3. The molecule has 112 valence electrons. The van der Waals surface area contributed by atoms with Crippen molar-refractivity contribution in [1.82, 2.24) is 0 Å². The van der Waals surface area contributed by atoms with Crippen LogP contribution in [-0.2, 0) is 6.18 Å². The van der Waals surface area contributed by atoms with Crippen LogP contribution in [0.25, 0.3) is 0 Å². The number of alkyl halides is 3. The number of rotatable bonds is 2. The highest BCUT2D eigenvalue weighted by Gasteiger charge is 2.31. The smallest absolute Gasteiger partial charge is 0.320 e. The van der Waals surface area contributed by atoms with Crippen LogP contribution in [0.4, 0.5) is 22.0 Å². The van der Waals surface area contributed by atoms with Crippen molar-refractivity contribution in [2.24, 2.45) is 5.73 Å². The molecule has 0 aliphatic carbocycles. The summed E-state index contributed by atoms with van der Waals surface area (Å²) in [6, 6.07) is 5.03. The van der Waals surface area contributed by atoms with E-state index < -0.39 is 29.4 Å². The molecule has 21 heavy (non-hydrogen) atoms. The van der Waals surface area contributed by atoms with Gasteiger partial charge >= 0.3 is 6.18 Å². The van der Waals surface area contributed by atoms with Gasteiger partial charge in [0.25, 0.3) is 0 Å². The molecule has 0 bridgehead atoms.